The third-order valence-electron chi connectivity index (χ3n) is 3.88. The molecule has 3 atom stereocenters. The SMILES string of the molecule is COCCC(C)C(C)C(C)CNC1CC1. The molecule has 1 N–H and O–H groups in total. The molecule has 2 nitrogen and oxygen atoms in total. The fourth-order valence-corrected chi connectivity index (χ4v) is 1.95. The molecular weight excluding hydrogens is 186 g/mol. The maximum atomic E-state index is 5.13. The first-order valence-corrected chi connectivity index (χ1v) is 6.37. The molecule has 1 aliphatic carbocycles. The summed E-state index contributed by atoms with van der Waals surface area (Å²) in [4.78, 5) is 0. The second kappa shape index (κ2) is 6.49. The van der Waals surface area contributed by atoms with Crippen molar-refractivity contribution in [3.8, 4) is 0 Å². The Morgan fingerprint density at radius 2 is 1.87 bits per heavy atom. The maximum absolute atomic E-state index is 5.13. The summed E-state index contributed by atoms with van der Waals surface area (Å²) in [5.41, 5.74) is 0. The summed E-state index contributed by atoms with van der Waals surface area (Å²) in [5, 5.41) is 3.62. The van der Waals surface area contributed by atoms with E-state index in [-0.39, 0.29) is 0 Å². The zero-order valence-electron chi connectivity index (χ0n) is 10.8. The van der Waals surface area contributed by atoms with Crippen LogP contribution >= 0.6 is 0 Å². The van der Waals surface area contributed by atoms with Crippen molar-refractivity contribution >= 4 is 0 Å². The molecule has 0 radical (unpaired) electrons. The van der Waals surface area contributed by atoms with Crippen molar-refractivity contribution < 1.29 is 4.74 Å². The minimum atomic E-state index is 0.765. The van der Waals surface area contributed by atoms with Crippen LogP contribution in [0, 0.1) is 17.8 Å². The van der Waals surface area contributed by atoms with Gasteiger partial charge in [0.2, 0.25) is 0 Å². The Morgan fingerprint density at radius 1 is 1.20 bits per heavy atom. The molecule has 90 valence electrons. The van der Waals surface area contributed by atoms with Crippen LogP contribution < -0.4 is 5.32 Å². The molecule has 15 heavy (non-hydrogen) atoms. The minimum absolute atomic E-state index is 0.765. The van der Waals surface area contributed by atoms with Gasteiger partial charge >= 0.3 is 0 Å². The van der Waals surface area contributed by atoms with Gasteiger partial charge in [-0.25, -0.2) is 0 Å². The van der Waals surface area contributed by atoms with Crippen LogP contribution in [0.25, 0.3) is 0 Å². The van der Waals surface area contributed by atoms with Gasteiger partial charge in [-0.05, 0) is 43.6 Å². The van der Waals surface area contributed by atoms with Gasteiger partial charge in [0.25, 0.3) is 0 Å². The molecular formula is C13H27NO. The molecule has 1 rings (SSSR count). The summed E-state index contributed by atoms with van der Waals surface area (Å²) in [6.07, 6.45) is 3.96. The normalized spacial score (nSPS) is 22.4. The third-order valence-corrected chi connectivity index (χ3v) is 3.88. The standard InChI is InChI=1S/C13H27NO/c1-10(7-8-15-4)12(3)11(2)9-14-13-5-6-13/h10-14H,5-9H2,1-4H3. The van der Waals surface area contributed by atoms with Crippen LogP contribution in [0.2, 0.25) is 0 Å². The smallest absolute Gasteiger partial charge is 0.0464 e. The highest BCUT2D eigenvalue weighted by molar-refractivity contribution is 4.82. The van der Waals surface area contributed by atoms with Crippen LogP contribution in [0.3, 0.4) is 0 Å². The van der Waals surface area contributed by atoms with Crippen molar-refractivity contribution in [1.82, 2.24) is 5.32 Å². The monoisotopic (exact) mass is 213 g/mol. The number of hydrogen-bond donors (Lipinski definition) is 1. The molecule has 0 saturated heterocycles. The Morgan fingerprint density at radius 3 is 2.40 bits per heavy atom. The average molecular weight is 213 g/mol. The molecule has 0 spiro atoms. The van der Waals surface area contributed by atoms with Gasteiger partial charge < -0.3 is 10.1 Å². The van der Waals surface area contributed by atoms with E-state index in [1.165, 1.54) is 25.8 Å². The van der Waals surface area contributed by atoms with Crippen LogP contribution in [0.15, 0.2) is 0 Å². The second-order valence-electron chi connectivity index (χ2n) is 5.28. The highest BCUT2D eigenvalue weighted by Crippen LogP contribution is 2.24. The Balaban J connectivity index is 2.13. The van der Waals surface area contributed by atoms with E-state index in [4.69, 9.17) is 4.74 Å². The first kappa shape index (κ1) is 13.0. The van der Waals surface area contributed by atoms with E-state index in [0.717, 1.165) is 30.4 Å². The van der Waals surface area contributed by atoms with E-state index in [2.05, 4.69) is 26.1 Å². The van der Waals surface area contributed by atoms with Gasteiger partial charge in [-0.15, -0.1) is 0 Å². The summed E-state index contributed by atoms with van der Waals surface area (Å²) in [6, 6.07) is 0.842. The fraction of sp³-hybridized carbons (Fsp3) is 1.00. The highest BCUT2D eigenvalue weighted by atomic mass is 16.5. The molecule has 0 amide bonds. The van der Waals surface area contributed by atoms with Gasteiger partial charge in [-0.3, -0.25) is 0 Å². The van der Waals surface area contributed by atoms with Crippen molar-refractivity contribution in [1.29, 1.82) is 0 Å². The van der Waals surface area contributed by atoms with E-state index in [0.29, 0.717) is 0 Å². The van der Waals surface area contributed by atoms with Gasteiger partial charge in [0, 0.05) is 19.8 Å². The number of hydrogen-bond acceptors (Lipinski definition) is 2. The summed E-state index contributed by atoms with van der Waals surface area (Å²) in [5.74, 6) is 2.32. The zero-order chi connectivity index (χ0) is 11.3. The van der Waals surface area contributed by atoms with Crippen LogP contribution in [0.4, 0.5) is 0 Å². The van der Waals surface area contributed by atoms with Gasteiger partial charge in [-0.2, -0.15) is 0 Å². The Kier molecular flexibility index (Phi) is 5.62. The number of nitrogens with one attached hydrogen (secondary N) is 1. The topological polar surface area (TPSA) is 21.3 Å². The van der Waals surface area contributed by atoms with Crippen molar-refractivity contribution in [2.45, 2.75) is 46.1 Å². The first-order chi connectivity index (χ1) is 7.15. The van der Waals surface area contributed by atoms with Crippen LogP contribution in [-0.4, -0.2) is 26.3 Å². The Hall–Kier alpha value is -0.0800. The van der Waals surface area contributed by atoms with Gasteiger partial charge in [0.15, 0.2) is 0 Å². The van der Waals surface area contributed by atoms with Gasteiger partial charge in [0.1, 0.15) is 0 Å². The van der Waals surface area contributed by atoms with Crippen molar-refractivity contribution in [3.63, 3.8) is 0 Å². The first-order valence-electron chi connectivity index (χ1n) is 6.37. The largest absolute Gasteiger partial charge is 0.385 e. The number of methoxy groups -OCH3 is 1. The molecule has 0 aromatic heterocycles. The zero-order valence-corrected chi connectivity index (χ0v) is 10.8. The third kappa shape index (κ3) is 4.98. The summed E-state index contributed by atoms with van der Waals surface area (Å²) in [6.45, 7) is 9.16. The van der Waals surface area contributed by atoms with Crippen LogP contribution in [0.1, 0.15) is 40.0 Å². The quantitative estimate of drug-likeness (QED) is 0.669. The number of ether oxygens (including phenoxy) is 1. The molecule has 0 aromatic carbocycles. The molecule has 1 aliphatic rings. The lowest BCUT2D eigenvalue weighted by molar-refractivity contribution is 0.154. The second-order valence-corrected chi connectivity index (χ2v) is 5.28. The van der Waals surface area contributed by atoms with E-state index in [1.807, 2.05) is 0 Å². The predicted molar refractivity (Wildman–Crippen MR) is 65.0 cm³/mol. The Bertz CT molecular complexity index is 168. The van der Waals surface area contributed by atoms with E-state index in [1.54, 1.807) is 7.11 Å². The molecule has 1 saturated carbocycles. The predicted octanol–water partition coefficient (Wildman–Crippen LogP) is 2.68. The van der Waals surface area contributed by atoms with Crippen molar-refractivity contribution in [2.24, 2.45) is 17.8 Å². The molecule has 3 unspecified atom stereocenters. The van der Waals surface area contributed by atoms with E-state index >= 15 is 0 Å². The lowest BCUT2D eigenvalue weighted by Crippen LogP contribution is -2.29. The highest BCUT2D eigenvalue weighted by Gasteiger charge is 2.24. The maximum Gasteiger partial charge on any atom is 0.0464 e. The molecule has 1 fully saturated rings. The minimum Gasteiger partial charge on any atom is -0.385 e. The van der Waals surface area contributed by atoms with Gasteiger partial charge in [0.05, 0.1) is 0 Å². The summed E-state index contributed by atoms with van der Waals surface area (Å²) in [7, 11) is 1.79. The molecule has 2 heteroatoms. The average Bonchev–Trinajstić information content (AvgIpc) is 3.05. The molecule has 0 aromatic rings. The fourth-order valence-electron chi connectivity index (χ4n) is 1.95. The molecule has 0 heterocycles. The van der Waals surface area contributed by atoms with Crippen molar-refractivity contribution in [2.75, 3.05) is 20.3 Å². The van der Waals surface area contributed by atoms with E-state index < -0.39 is 0 Å². The van der Waals surface area contributed by atoms with Crippen LogP contribution in [0.5, 0.6) is 0 Å². The summed E-state index contributed by atoms with van der Waals surface area (Å²) < 4.78 is 5.13. The van der Waals surface area contributed by atoms with Gasteiger partial charge in [-0.1, -0.05) is 20.8 Å². The van der Waals surface area contributed by atoms with Crippen LogP contribution in [-0.2, 0) is 4.74 Å². The lowest BCUT2D eigenvalue weighted by atomic mass is 9.83. The molecule has 0 aliphatic heterocycles. The lowest BCUT2D eigenvalue weighted by Gasteiger charge is -2.26. The van der Waals surface area contributed by atoms with E-state index in [9.17, 15) is 0 Å². The molecule has 0 bridgehead atoms. The summed E-state index contributed by atoms with van der Waals surface area (Å²) >= 11 is 0. The Labute approximate surface area is 94.8 Å². The van der Waals surface area contributed by atoms with Crippen molar-refractivity contribution in [3.05, 3.63) is 0 Å². The number of rotatable bonds is 8.